The number of nitrogens with zero attached hydrogens (tertiary/aromatic N) is 1. The van der Waals surface area contributed by atoms with Crippen LogP contribution in [0.2, 0.25) is 5.02 Å². The average Bonchev–Trinajstić information content (AvgIpc) is 2.98. The van der Waals surface area contributed by atoms with Gasteiger partial charge in [0.25, 0.3) is 0 Å². The Morgan fingerprint density at radius 1 is 1.20 bits per heavy atom. The van der Waals surface area contributed by atoms with Gasteiger partial charge in [-0.25, -0.2) is 0 Å². The van der Waals surface area contributed by atoms with Crippen molar-refractivity contribution in [2.75, 3.05) is 0 Å². The minimum Gasteiger partial charge on any atom is -0.460 e. The second kappa shape index (κ2) is 7.55. The first-order valence-corrected chi connectivity index (χ1v) is 8.77. The average molecular weight is 352 g/mol. The highest BCUT2D eigenvalue weighted by molar-refractivity contribution is 6.31. The summed E-state index contributed by atoms with van der Waals surface area (Å²) in [5.74, 6) is 0.558. The molecule has 1 heterocycles. The molecule has 0 saturated carbocycles. The number of furan rings is 1. The van der Waals surface area contributed by atoms with Gasteiger partial charge in [-0.2, -0.15) is 5.26 Å². The predicted molar refractivity (Wildman–Crippen MR) is 99.0 cm³/mol. The molecule has 0 aliphatic rings. The maximum absolute atomic E-state index is 13.1. The number of aryl methyl sites for hydroxylation is 1. The van der Waals surface area contributed by atoms with E-state index in [0.717, 1.165) is 24.6 Å². The number of carbonyl (C=O) groups is 1. The molecule has 3 nitrogen and oxygen atoms in total. The Morgan fingerprint density at radius 3 is 2.80 bits per heavy atom. The van der Waals surface area contributed by atoms with Crippen molar-refractivity contribution in [2.24, 2.45) is 0 Å². The number of fused-ring (bicyclic) bond motifs is 1. The maximum atomic E-state index is 13.1. The first-order chi connectivity index (χ1) is 12.1. The molecule has 4 heteroatoms. The van der Waals surface area contributed by atoms with Gasteiger partial charge < -0.3 is 4.42 Å². The van der Waals surface area contributed by atoms with Gasteiger partial charge in [-0.15, -0.1) is 0 Å². The number of carbonyl (C=O) groups excluding carboxylic acids is 1. The van der Waals surface area contributed by atoms with Crippen molar-refractivity contribution in [1.82, 2.24) is 0 Å². The molecule has 0 spiro atoms. The quantitative estimate of drug-likeness (QED) is 0.409. The summed E-state index contributed by atoms with van der Waals surface area (Å²) in [5, 5.41) is 10.4. The van der Waals surface area contributed by atoms with Crippen molar-refractivity contribution >= 4 is 28.4 Å². The zero-order valence-electron chi connectivity index (χ0n) is 14.0. The number of ketones is 1. The van der Waals surface area contributed by atoms with Crippen LogP contribution in [0.5, 0.6) is 0 Å². The van der Waals surface area contributed by atoms with Crippen LogP contribution in [0.3, 0.4) is 0 Å². The van der Waals surface area contributed by atoms with Gasteiger partial charge in [0.1, 0.15) is 11.3 Å². The Bertz CT molecular complexity index is 966. The molecule has 1 aromatic heterocycles. The second-order valence-electron chi connectivity index (χ2n) is 6.02. The van der Waals surface area contributed by atoms with Crippen molar-refractivity contribution in [2.45, 2.75) is 32.6 Å². The number of unbranched alkanes of at least 4 members (excludes halogenated alkanes) is 2. The van der Waals surface area contributed by atoms with E-state index >= 15 is 0 Å². The number of nitriles is 1. The van der Waals surface area contributed by atoms with Crippen molar-refractivity contribution in [3.05, 3.63) is 69.9 Å². The van der Waals surface area contributed by atoms with Crippen LogP contribution in [0.1, 0.15) is 53.4 Å². The lowest BCUT2D eigenvalue weighted by Crippen LogP contribution is -2.04. The van der Waals surface area contributed by atoms with E-state index in [1.807, 2.05) is 0 Å². The van der Waals surface area contributed by atoms with Gasteiger partial charge in [0, 0.05) is 22.4 Å². The zero-order chi connectivity index (χ0) is 17.8. The lowest BCUT2D eigenvalue weighted by Gasteiger charge is -2.04. The summed E-state index contributed by atoms with van der Waals surface area (Å²) in [6, 6.07) is 14.1. The topological polar surface area (TPSA) is 54.0 Å². The molecular weight excluding hydrogens is 334 g/mol. The van der Waals surface area contributed by atoms with E-state index in [4.69, 9.17) is 21.3 Å². The smallest absolute Gasteiger partial charge is 0.197 e. The fraction of sp³-hybridized carbons (Fsp3) is 0.238. The van der Waals surface area contributed by atoms with Crippen LogP contribution in [0.4, 0.5) is 0 Å². The number of halogens is 1. The van der Waals surface area contributed by atoms with E-state index in [1.165, 1.54) is 0 Å². The van der Waals surface area contributed by atoms with Gasteiger partial charge in [0.05, 0.1) is 17.2 Å². The molecule has 0 fully saturated rings. The fourth-order valence-corrected chi connectivity index (χ4v) is 3.13. The first kappa shape index (κ1) is 17.3. The molecule has 0 radical (unpaired) electrons. The highest BCUT2D eigenvalue weighted by Gasteiger charge is 2.22. The summed E-state index contributed by atoms with van der Waals surface area (Å²) in [6.45, 7) is 2.14. The van der Waals surface area contributed by atoms with Crippen LogP contribution in [0, 0.1) is 11.3 Å². The predicted octanol–water partition coefficient (Wildman–Crippen LogP) is 5.92. The van der Waals surface area contributed by atoms with Gasteiger partial charge in [-0.05, 0) is 36.8 Å². The standard InChI is InChI=1S/C21H18ClNO2/c1-2-3-4-8-19-20(17-12-16(22)9-10-18(17)25-19)21(24)15-7-5-6-14(11-15)13-23/h5-7,9-12H,2-4,8H2,1H3. The van der Waals surface area contributed by atoms with E-state index < -0.39 is 0 Å². The molecule has 3 aromatic rings. The minimum atomic E-state index is -0.135. The molecular formula is C21H18ClNO2. The Balaban J connectivity index is 2.11. The van der Waals surface area contributed by atoms with Crippen molar-refractivity contribution < 1.29 is 9.21 Å². The Labute approximate surface area is 151 Å². The van der Waals surface area contributed by atoms with Crippen molar-refractivity contribution in [3.63, 3.8) is 0 Å². The second-order valence-corrected chi connectivity index (χ2v) is 6.46. The molecule has 0 atom stereocenters. The van der Waals surface area contributed by atoms with E-state index in [2.05, 4.69) is 13.0 Å². The van der Waals surface area contributed by atoms with E-state index in [0.29, 0.717) is 39.5 Å². The summed E-state index contributed by atoms with van der Waals surface area (Å²) in [7, 11) is 0. The molecule has 126 valence electrons. The Kier molecular flexibility index (Phi) is 5.21. The number of hydrogen-bond donors (Lipinski definition) is 0. The largest absolute Gasteiger partial charge is 0.460 e. The van der Waals surface area contributed by atoms with E-state index in [1.54, 1.807) is 42.5 Å². The molecule has 0 amide bonds. The lowest BCUT2D eigenvalue weighted by molar-refractivity contribution is 0.103. The van der Waals surface area contributed by atoms with Crippen LogP contribution in [0.15, 0.2) is 46.9 Å². The highest BCUT2D eigenvalue weighted by Crippen LogP contribution is 2.31. The van der Waals surface area contributed by atoms with Crippen LogP contribution in [-0.2, 0) is 6.42 Å². The molecule has 0 N–H and O–H groups in total. The van der Waals surface area contributed by atoms with Crippen LogP contribution in [-0.4, -0.2) is 5.78 Å². The molecule has 0 aliphatic carbocycles. The summed E-state index contributed by atoms with van der Waals surface area (Å²) in [6.07, 6.45) is 3.84. The third-order valence-corrected chi connectivity index (χ3v) is 4.45. The van der Waals surface area contributed by atoms with Crippen LogP contribution in [0.25, 0.3) is 11.0 Å². The molecule has 0 saturated heterocycles. The van der Waals surface area contributed by atoms with Crippen molar-refractivity contribution in [1.29, 1.82) is 5.26 Å². The normalized spacial score (nSPS) is 10.8. The van der Waals surface area contributed by atoms with Gasteiger partial charge in [0.2, 0.25) is 0 Å². The van der Waals surface area contributed by atoms with Gasteiger partial charge in [0.15, 0.2) is 5.78 Å². The van der Waals surface area contributed by atoms with Gasteiger partial charge in [-0.1, -0.05) is 43.5 Å². The molecule has 3 rings (SSSR count). The molecule has 25 heavy (non-hydrogen) atoms. The fourth-order valence-electron chi connectivity index (χ4n) is 2.96. The summed E-state index contributed by atoms with van der Waals surface area (Å²) in [4.78, 5) is 13.1. The Morgan fingerprint density at radius 2 is 2.04 bits per heavy atom. The molecule has 0 aliphatic heterocycles. The third-order valence-electron chi connectivity index (χ3n) is 4.21. The lowest BCUT2D eigenvalue weighted by atomic mass is 9.97. The first-order valence-electron chi connectivity index (χ1n) is 8.40. The summed E-state index contributed by atoms with van der Waals surface area (Å²) in [5.41, 5.74) is 2.17. The molecule has 0 bridgehead atoms. The number of hydrogen-bond acceptors (Lipinski definition) is 3. The van der Waals surface area contributed by atoms with E-state index in [-0.39, 0.29) is 5.78 Å². The van der Waals surface area contributed by atoms with Crippen LogP contribution < -0.4 is 0 Å². The Hall–Kier alpha value is -2.57. The summed E-state index contributed by atoms with van der Waals surface area (Å²) < 4.78 is 5.96. The summed E-state index contributed by atoms with van der Waals surface area (Å²) >= 11 is 6.13. The van der Waals surface area contributed by atoms with Crippen LogP contribution >= 0.6 is 11.6 Å². The zero-order valence-corrected chi connectivity index (χ0v) is 14.8. The minimum absolute atomic E-state index is 0.135. The van der Waals surface area contributed by atoms with E-state index in [9.17, 15) is 4.79 Å². The third kappa shape index (κ3) is 3.60. The molecule has 2 aromatic carbocycles. The van der Waals surface area contributed by atoms with Gasteiger partial charge in [-0.3, -0.25) is 4.79 Å². The number of benzene rings is 2. The maximum Gasteiger partial charge on any atom is 0.197 e. The van der Waals surface area contributed by atoms with Gasteiger partial charge >= 0.3 is 0 Å². The monoisotopic (exact) mass is 351 g/mol. The van der Waals surface area contributed by atoms with Crippen molar-refractivity contribution in [3.8, 4) is 6.07 Å². The number of rotatable bonds is 6. The highest BCUT2D eigenvalue weighted by atomic mass is 35.5. The molecule has 0 unspecified atom stereocenters. The SMILES string of the molecule is CCCCCc1oc2ccc(Cl)cc2c1C(=O)c1cccc(C#N)c1.